The minimum atomic E-state index is -0.0202. The molecule has 1 N–H and O–H groups in total. The number of rotatable bonds is 5. The van der Waals surface area contributed by atoms with Crippen molar-refractivity contribution < 1.29 is 4.79 Å². The summed E-state index contributed by atoms with van der Waals surface area (Å²) in [6.45, 7) is 4.16. The van der Waals surface area contributed by atoms with Crippen molar-refractivity contribution in [3.8, 4) is 11.3 Å². The highest BCUT2D eigenvalue weighted by Crippen LogP contribution is 2.22. The van der Waals surface area contributed by atoms with Crippen LogP contribution in [0.5, 0.6) is 0 Å². The molecular formula is C25H28N4O. The molecule has 154 valence electrons. The van der Waals surface area contributed by atoms with E-state index in [-0.39, 0.29) is 5.91 Å². The maximum absolute atomic E-state index is 12.3. The minimum Gasteiger partial charge on any atom is -0.355 e. The third-order valence-corrected chi connectivity index (χ3v) is 5.53. The average Bonchev–Trinajstić information content (AvgIpc) is 3.06. The maximum Gasteiger partial charge on any atom is 0.228 e. The fourth-order valence-electron chi connectivity index (χ4n) is 3.77. The molecule has 0 unspecified atom stereocenters. The van der Waals surface area contributed by atoms with Gasteiger partial charge in [-0.2, -0.15) is 0 Å². The van der Waals surface area contributed by atoms with E-state index in [9.17, 15) is 4.79 Å². The second-order valence-electron chi connectivity index (χ2n) is 7.97. The van der Waals surface area contributed by atoms with Crippen LogP contribution in [-0.4, -0.2) is 29.2 Å². The minimum absolute atomic E-state index is 0.0202. The van der Waals surface area contributed by atoms with Crippen molar-refractivity contribution in [3.05, 3.63) is 71.8 Å². The normalized spacial score (nSPS) is 14.2. The Hall–Kier alpha value is -3.21. The van der Waals surface area contributed by atoms with Crippen LogP contribution < -0.4 is 10.2 Å². The third-order valence-electron chi connectivity index (χ3n) is 5.53. The molecule has 1 amide bonds. The van der Waals surface area contributed by atoms with Crippen molar-refractivity contribution in [1.29, 1.82) is 0 Å². The fourth-order valence-corrected chi connectivity index (χ4v) is 3.77. The van der Waals surface area contributed by atoms with Gasteiger partial charge in [0.15, 0.2) is 5.82 Å². The monoisotopic (exact) mass is 400 g/mol. The molecule has 3 aromatic rings. The molecule has 1 aromatic heterocycles. The molecule has 1 saturated heterocycles. The Bertz CT molecular complexity index is 958. The first-order chi connectivity index (χ1) is 14.7. The first-order valence-corrected chi connectivity index (χ1v) is 10.7. The van der Waals surface area contributed by atoms with E-state index in [4.69, 9.17) is 0 Å². The van der Waals surface area contributed by atoms with Crippen LogP contribution in [0, 0.1) is 6.92 Å². The summed E-state index contributed by atoms with van der Waals surface area (Å²) in [7, 11) is 0. The summed E-state index contributed by atoms with van der Waals surface area (Å²) in [5, 5.41) is 11.8. The molecule has 5 nitrogen and oxygen atoms in total. The van der Waals surface area contributed by atoms with Crippen molar-refractivity contribution in [1.82, 2.24) is 10.2 Å². The van der Waals surface area contributed by atoms with Crippen LogP contribution in [0.4, 0.5) is 11.5 Å². The lowest BCUT2D eigenvalue weighted by Crippen LogP contribution is -2.25. The van der Waals surface area contributed by atoms with Crippen molar-refractivity contribution >= 4 is 17.4 Å². The summed E-state index contributed by atoms with van der Waals surface area (Å²) in [6, 6.07) is 19.9. The van der Waals surface area contributed by atoms with Gasteiger partial charge in [0.25, 0.3) is 0 Å². The van der Waals surface area contributed by atoms with Gasteiger partial charge in [-0.15, -0.1) is 10.2 Å². The SMILES string of the molecule is Cc1ccc(CC(=O)Nc2ccc(-c3ccc(N4CCCCCC4)nn3)cc2)cc1. The summed E-state index contributed by atoms with van der Waals surface area (Å²) in [4.78, 5) is 14.6. The summed E-state index contributed by atoms with van der Waals surface area (Å²) in [6.07, 6.45) is 5.42. The van der Waals surface area contributed by atoms with E-state index in [1.54, 1.807) is 0 Å². The average molecular weight is 401 g/mol. The zero-order valence-corrected chi connectivity index (χ0v) is 17.5. The Kier molecular flexibility index (Phi) is 6.38. The highest BCUT2D eigenvalue weighted by Gasteiger charge is 2.12. The predicted molar refractivity (Wildman–Crippen MR) is 122 cm³/mol. The Morgan fingerprint density at radius 2 is 1.57 bits per heavy atom. The molecule has 1 aliphatic heterocycles. The second kappa shape index (κ2) is 9.53. The summed E-state index contributed by atoms with van der Waals surface area (Å²) >= 11 is 0. The molecule has 5 heteroatoms. The smallest absolute Gasteiger partial charge is 0.228 e. The van der Waals surface area contributed by atoms with Crippen molar-refractivity contribution in [2.45, 2.75) is 39.0 Å². The van der Waals surface area contributed by atoms with E-state index < -0.39 is 0 Å². The standard InChI is InChI=1S/C25H28N4O/c1-19-6-8-20(9-7-19)18-25(30)26-22-12-10-21(11-13-22)23-14-15-24(28-27-23)29-16-4-2-3-5-17-29/h6-15H,2-5,16-18H2,1H3,(H,26,30). The van der Waals surface area contributed by atoms with Gasteiger partial charge < -0.3 is 10.2 Å². The molecule has 30 heavy (non-hydrogen) atoms. The number of carbonyl (C=O) groups is 1. The first-order valence-electron chi connectivity index (χ1n) is 10.7. The molecule has 2 aromatic carbocycles. The number of nitrogens with zero attached hydrogens (tertiary/aromatic N) is 3. The van der Waals surface area contributed by atoms with Gasteiger partial charge in [0.2, 0.25) is 5.91 Å². The van der Waals surface area contributed by atoms with E-state index >= 15 is 0 Å². The van der Waals surface area contributed by atoms with E-state index in [0.717, 1.165) is 41.4 Å². The quantitative estimate of drug-likeness (QED) is 0.654. The molecule has 0 saturated carbocycles. The number of aromatic nitrogens is 2. The maximum atomic E-state index is 12.3. The molecule has 1 aliphatic rings. The Labute approximate surface area is 178 Å². The van der Waals surface area contributed by atoms with Crippen LogP contribution in [0.2, 0.25) is 0 Å². The van der Waals surface area contributed by atoms with Gasteiger partial charge in [0.05, 0.1) is 12.1 Å². The van der Waals surface area contributed by atoms with Crippen molar-refractivity contribution in [2.75, 3.05) is 23.3 Å². The molecule has 0 aliphatic carbocycles. The van der Waals surface area contributed by atoms with Gasteiger partial charge in [0, 0.05) is 24.3 Å². The van der Waals surface area contributed by atoms with Crippen LogP contribution >= 0.6 is 0 Å². The highest BCUT2D eigenvalue weighted by molar-refractivity contribution is 5.92. The molecule has 2 heterocycles. The van der Waals surface area contributed by atoms with Gasteiger partial charge >= 0.3 is 0 Å². The van der Waals surface area contributed by atoms with Crippen LogP contribution in [0.3, 0.4) is 0 Å². The van der Waals surface area contributed by atoms with Crippen LogP contribution in [-0.2, 0) is 11.2 Å². The molecule has 0 bridgehead atoms. The Morgan fingerprint density at radius 3 is 2.20 bits per heavy atom. The number of hydrogen-bond acceptors (Lipinski definition) is 4. The summed E-state index contributed by atoms with van der Waals surface area (Å²) in [5.41, 5.74) is 4.81. The fraction of sp³-hybridized carbons (Fsp3) is 0.320. The molecule has 1 fully saturated rings. The Morgan fingerprint density at radius 1 is 0.867 bits per heavy atom. The lowest BCUT2D eigenvalue weighted by Gasteiger charge is -2.20. The number of amides is 1. The summed E-state index contributed by atoms with van der Waals surface area (Å²) < 4.78 is 0. The number of carbonyl (C=O) groups excluding carboxylic acids is 1. The molecule has 4 rings (SSSR count). The van der Waals surface area contributed by atoms with E-state index in [2.05, 4.69) is 26.5 Å². The van der Waals surface area contributed by atoms with Gasteiger partial charge in [0.1, 0.15) is 0 Å². The third kappa shape index (κ3) is 5.23. The highest BCUT2D eigenvalue weighted by atomic mass is 16.1. The van der Waals surface area contributed by atoms with Gasteiger partial charge in [-0.25, -0.2) is 0 Å². The van der Waals surface area contributed by atoms with E-state index in [1.165, 1.54) is 31.2 Å². The first kappa shape index (κ1) is 20.1. The lowest BCUT2D eigenvalue weighted by molar-refractivity contribution is -0.115. The molecule has 0 radical (unpaired) electrons. The van der Waals surface area contributed by atoms with Gasteiger partial charge in [-0.05, 0) is 49.6 Å². The van der Waals surface area contributed by atoms with Gasteiger partial charge in [-0.3, -0.25) is 4.79 Å². The van der Waals surface area contributed by atoms with Crippen LogP contribution in [0.25, 0.3) is 11.3 Å². The van der Waals surface area contributed by atoms with E-state index in [1.807, 2.05) is 61.5 Å². The number of aryl methyl sites for hydroxylation is 1. The van der Waals surface area contributed by atoms with Crippen LogP contribution in [0.15, 0.2) is 60.7 Å². The second-order valence-corrected chi connectivity index (χ2v) is 7.97. The topological polar surface area (TPSA) is 58.1 Å². The number of anilines is 2. The lowest BCUT2D eigenvalue weighted by atomic mass is 10.1. The predicted octanol–water partition coefficient (Wildman–Crippen LogP) is 5.01. The molecule has 0 spiro atoms. The molecular weight excluding hydrogens is 372 g/mol. The van der Waals surface area contributed by atoms with Crippen LogP contribution in [0.1, 0.15) is 36.8 Å². The van der Waals surface area contributed by atoms with Gasteiger partial charge in [-0.1, -0.05) is 54.8 Å². The summed E-state index contributed by atoms with van der Waals surface area (Å²) in [5.74, 6) is 0.939. The number of benzene rings is 2. The number of nitrogens with one attached hydrogen (secondary N) is 1. The van der Waals surface area contributed by atoms with Crippen molar-refractivity contribution in [2.24, 2.45) is 0 Å². The number of hydrogen-bond donors (Lipinski definition) is 1. The van der Waals surface area contributed by atoms with E-state index in [0.29, 0.717) is 6.42 Å². The zero-order valence-electron chi connectivity index (χ0n) is 17.5. The Balaban J connectivity index is 1.36. The largest absolute Gasteiger partial charge is 0.355 e. The van der Waals surface area contributed by atoms with Crippen molar-refractivity contribution in [3.63, 3.8) is 0 Å². The molecule has 0 atom stereocenters. The zero-order chi connectivity index (χ0) is 20.8.